The Balaban J connectivity index is 1.20. The first-order valence-electron chi connectivity index (χ1n) is 10.7. The van der Waals surface area contributed by atoms with Gasteiger partial charge in [0.15, 0.2) is 0 Å². The molecule has 1 fully saturated rings. The number of nitrogens with zero attached hydrogens (tertiary/aromatic N) is 2. The minimum Gasteiger partial charge on any atom is -0.379 e. The number of morpholine rings is 1. The molecule has 0 radical (unpaired) electrons. The van der Waals surface area contributed by atoms with E-state index in [0.717, 1.165) is 52.2 Å². The number of ether oxygens (including phenoxy) is 1. The van der Waals surface area contributed by atoms with Gasteiger partial charge in [0.05, 0.1) is 13.2 Å². The molecule has 2 aromatic rings. The molecule has 5 rings (SSSR count). The minimum absolute atomic E-state index is 0.546. The number of rotatable bonds is 4. The molecule has 4 heteroatoms. The lowest BCUT2D eigenvalue weighted by molar-refractivity contribution is 0.0772. The largest absolute Gasteiger partial charge is 0.379 e. The van der Waals surface area contributed by atoms with E-state index in [-0.39, 0.29) is 0 Å². The second-order valence-corrected chi connectivity index (χ2v) is 9.26. The van der Waals surface area contributed by atoms with Gasteiger partial charge < -0.3 is 9.64 Å². The molecule has 29 heavy (non-hydrogen) atoms. The first kappa shape index (κ1) is 19.0. The Morgan fingerprint density at radius 1 is 0.897 bits per heavy atom. The molecular formula is C25H28N2OS. The van der Waals surface area contributed by atoms with Crippen molar-refractivity contribution in [3.63, 3.8) is 0 Å². The maximum atomic E-state index is 5.45. The fraction of sp³-hybridized carbons (Fsp3) is 0.360. The van der Waals surface area contributed by atoms with Crippen molar-refractivity contribution in [2.75, 3.05) is 37.7 Å². The summed E-state index contributed by atoms with van der Waals surface area (Å²) in [6.45, 7) is 5.90. The van der Waals surface area contributed by atoms with Gasteiger partial charge in [-0.3, -0.25) is 0 Å². The molecule has 0 aromatic heterocycles. The average molecular weight is 405 g/mol. The Bertz CT molecular complexity index is 899. The van der Waals surface area contributed by atoms with E-state index in [2.05, 4.69) is 76.0 Å². The van der Waals surface area contributed by atoms with Gasteiger partial charge in [-0.05, 0) is 47.2 Å². The summed E-state index contributed by atoms with van der Waals surface area (Å²) in [7, 11) is 0. The Labute approximate surface area is 178 Å². The lowest BCUT2D eigenvalue weighted by Gasteiger charge is -2.31. The van der Waals surface area contributed by atoms with Crippen LogP contribution in [0.25, 0.3) is 5.57 Å². The van der Waals surface area contributed by atoms with Gasteiger partial charge in [0.2, 0.25) is 0 Å². The summed E-state index contributed by atoms with van der Waals surface area (Å²) < 4.78 is 7.89. The van der Waals surface area contributed by atoms with E-state index in [0.29, 0.717) is 5.25 Å². The van der Waals surface area contributed by atoms with Crippen molar-refractivity contribution in [3.05, 3.63) is 83.4 Å². The van der Waals surface area contributed by atoms with E-state index in [9.17, 15) is 0 Å². The zero-order chi connectivity index (χ0) is 19.5. The Kier molecular flexibility index (Phi) is 5.75. The zero-order valence-electron chi connectivity index (χ0n) is 16.8. The minimum atomic E-state index is 0.546. The van der Waals surface area contributed by atoms with Crippen molar-refractivity contribution in [2.24, 2.45) is 0 Å². The van der Waals surface area contributed by atoms with Crippen molar-refractivity contribution < 1.29 is 4.74 Å². The summed E-state index contributed by atoms with van der Waals surface area (Å²) in [6, 6.07) is 18.0. The number of anilines is 1. The third-order valence-electron chi connectivity index (χ3n) is 6.01. The van der Waals surface area contributed by atoms with Crippen LogP contribution in [0.1, 0.15) is 23.1 Å². The molecule has 1 saturated heterocycles. The van der Waals surface area contributed by atoms with Crippen LogP contribution in [0.15, 0.2) is 66.8 Å². The molecule has 0 saturated carbocycles. The van der Waals surface area contributed by atoms with Gasteiger partial charge >= 0.3 is 0 Å². The van der Waals surface area contributed by atoms with Crippen molar-refractivity contribution in [1.82, 2.24) is 4.31 Å². The van der Waals surface area contributed by atoms with E-state index in [1.165, 1.54) is 28.0 Å². The number of fused-ring (bicyclic) bond motifs is 1. The molecule has 2 aromatic carbocycles. The van der Waals surface area contributed by atoms with Crippen LogP contribution in [0, 0.1) is 0 Å². The molecular weight excluding hydrogens is 376 g/mol. The SMILES string of the molecule is C1=CC(SN2CCOCC2)CC=C1c1ccc(N2CCc3ccccc3C2)cc1. The Morgan fingerprint density at radius 2 is 1.69 bits per heavy atom. The normalized spacial score (nSPS) is 22.3. The van der Waals surface area contributed by atoms with E-state index >= 15 is 0 Å². The highest BCUT2D eigenvalue weighted by molar-refractivity contribution is 7.97. The second-order valence-electron chi connectivity index (χ2n) is 7.93. The van der Waals surface area contributed by atoms with Crippen molar-refractivity contribution in [2.45, 2.75) is 24.6 Å². The van der Waals surface area contributed by atoms with Gasteiger partial charge in [0.1, 0.15) is 0 Å². The summed E-state index contributed by atoms with van der Waals surface area (Å²) in [6.07, 6.45) is 9.29. The molecule has 1 unspecified atom stereocenters. The van der Waals surface area contributed by atoms with E-state index < -0.39 is 0 Å². The number of allylic oxidation sites excluding steroid dienone is 3. The lowest BCUT2D eigenvalue weighted by Crippen LogP contribution is -2.32. The van der Waals surface area contributed by atoms with Crippen LogP contribution in [0.2, 0.25) is 0 Å². The van der Waals surface area contributed by atoms with Crippen LogP contribution in [0.3, 0.4) is 0 Å². The van der Waals surface area contributed by atoms with Gasteiger partial charge in [-0.15, -0.1) is 0 Å². The summed E-state index contributed by atoms with van der Waals surface area (Å²) >= 11 is 1.97. The molecule has 3 aliphatic rings. The molecule has 0 amide bonds. The van der Waals surface area contributed by atoms with E-state index in [1.54, 1.807) is 0 Å². The topological polar surface area (TPSA) is 15.7 Å². The summed E-state index contributed by atoms with van der Waals surface area (Å²) in [5.41, 5.74) is 6.95. The summed E-state index contributed by atoms with van der Waals surface area (Å²) in [5, 5.41) is 0.546. The maximum absolute atomic E-state index is 5.45. The molecule has 2 heterocycles. The molecule has 3 nitrogen and oxygen atoms in total. The first-order valence-corrected chi connectivity index (χ1v) is 11.5. The third kappa shape index (κ3) is 4.45. The van der Waals surface area contributed by atoms with Gasteiger partial charge in [-0.2, -0.15) is 0 Å². The predicted molar refractivity (Wildman–Crippen MR) is 123 cm³/mol. The smallest absolute Gasteiger partial charge is 0.0603 e. The van der Waals surface area contributed by atoms with Gasteiger partial charge in [0, 0.05) is 37.1 Å². The van der Waals surface area contributed by atoms with Gasteiger partial charge in [0.25, 0.3) is 0 Å². The molecule has 150 valence electrons. The summed E-state index contributed by atoms with van der Waals surface area (Å²) in [4.78, 5) is 2.49. The molecule has 1 atom stereocenters. The molecule has 0 bridgehead atoms. The highest BCUT2D eigenvalue weighted by Gasteiger charge is 2.18. The maximum Gasteiger partial charge on any atom is 0.0603 e. The standard InChI is InChI=1S/C25H28N2OS/c1-2-4-23-19-26(14-13-20(23)3-1)24-9-5-21(6-10-24)22-7-11-25(12-8-22)29-27-15-17-28-18-16-27/h1-11,25H,12-19H2. The molecule has 0 spiro atoms. The fourth-order valence-electron chi connectivity index (χ4n) is 4.32. The van der Waals surface area contributed by atoms with Crippen molar-refractivity contribution >= 4 is 23.2 Å². The van der Waals surface area contributed by atoms with E-state index in [4.69, 9.17) is 4.74 Å². The fourth-order valence-corrected chi connectivity index (χ4v) is 5.39. The van der Waals surface area contributed by atoms with Crippen molar-refractivity contribution in [3.8, 4) is 0 Å². The molecule has 0 N–H and O–H groups in total. The van der Waals surface area contributed by atoms with Crippen LogP contribution >= 0.6 is 11.9 Å². The Morgan fingerprint density at radius 3 is 2.45 bits per heavy atom. The number of hydrogen-bond acceptors (Lipinski definition) is 4. The van der Waals surface area contributed by atoms with E-state index in [1.807, 2.05) is 11.9 Å². The summed E-state index contributed by atoms with van der Waals surface area (Å²) in [5.74, 6) is 0. The van der Waals surface area contributed by atoms with Crippen molar-refractivity contribution in [1.29, 1.82) is 0 Å². The molecule has 1 aliphatic carbocycles. The van der Waals surface area contributed by atoms with Crippen LogP contribution in [-0.2, 0) is 17.7 Å². The Hall–Kier alpha value is -2.01. The van der Waals surface area contributed by atoms with Crippen LogP contribution < -0.4 is 4.90 Å². The highest BCUT2D eigenvalue weighted by Crippen LogP contribution is 2.31. The first-order chi connectivity index (χ1) is 14.3. The molecule has 2 aliphatic heterocycles. The van der Waals surface area contributed by atoms with Crippen LogP contribution in [0.5, 0.6) is 0 Å². The van der Waals surface area contributed by atoms with Crippen LogP contribution in [-0.4, -0.2) is 42.4 Å². The average Bonchev–Trinajstić information content (AvgIpc) is 2.80. The predicted octanol–water partition coefficient (Wildman–Crippen LogP) is 4.94. The van der Waals surface area contributed by atoms with Crippen LogP contribution in [0.4, 0.5) is 5.69 Å². The monoisotopic (exact) mass is 404 g/mol. The zero-order valence-corrected chi connectivity index (χ0v) is 17.6. The quantitative estimate of drug-likeness (QED) is 0.670. The second kappa shape index (κ2) is 8.78. The van der Waals surface area contributed by atoms with Gasteiger partial charge in [-0.25, -0.2) is 4.31 Å². The van der Waals surface area contributed by atoms with Gasteiger partial charge in [-0.1, -0.05) is 66.6 Å². The number of hydrogen-bond donors (Lipinski definition) is 0. The third-order valence-corrected chi connectivity index (χ3v) is 7.30. The number of benzene rings is 2. The lowest BCUT2D eigenvalue weighted by atomic mass is 9.97. The highest BCUT2D eigenvalue weighted by atomic mass is 32.2.